The van der Waals surface area contributed by atoms with Crippen LogP contribution in [0.2, 0.25) is 0 Å². The Kier molecular flexibility index (Phi) is 3.44. The highest BCUT2D eigenvalue weighted by atomic mass is 32.1. The van der Waals surface area contributed by atoms with Gasteiger partial charge in [-0.3, -0.25) is 0 Å². The van der Waals surface area contributed by atoms with Gasteiger partial charge in [0.1, 0.15) is 17.0 Å². The number of anilines is 1. The van der Waals surface area contributed by atoms with Gasteiger partial charge in [0.15, 0.2) is 0 Å². The molecule has 4 heteroatoms. The first-order valence-electron chi connectivity index (χ1n) is 7.13. The van der Waals surface area contributed by atoms with Crippen LogP contribution in [0.4, 0.5) is 5.82 Å². The second kappa shape index (κ2) is 5.08. The lowest BCUT2D eigenvalue weighted by atomic mass is 9.78. The van der Waals surface area contributed by atoms with Gasteiger partial charge in [-0.15, -0.1) is 11.3 Å². The molecule has 102 valence electrons. The van der Waals surface area contributed by atoms with Crippen LogP contribution in [-0.2, 0) is 0 Å². The molecule has 1 saturated carbocycles. The molecule has 1 aliphatic carbocycles. The summed E-state index contributed by atoms with van der Waals surface area (Å²) in [5, 5.41) is 4.85. The Labute approximate surface area is 118 Å². The first kappa shape index (κ1) is 12.9. The highest BCUT2D eigenvalue weighted by molar-refractivity contribution is 7.18. The number of thiophene rings is 1. The van der Waals surface area contributed by atoms with Gasteiger partial charge in [-0.2, -0.15) is 0 Å². The smallest absolute Gasteiger partial charge is 0.138 e. The Morgan fingerprint density at radius 3 is 2.95 bits per heavy atom. The average molecular weight is 275 g/mol. The summed E-state index contributed by atoms with van der Waals surface area (Å²) in [7, 11) is 0. The topological polar surface area (TPSA) is 37.8 Å². The molecule has 0 bridgehead atoms. The summed E-state index contributed by atoms with van der Waals surface area (Å²) in [6.07, 6.45) is 5.60. The molecule has 3 atom stereocenters. The van der Waals surface area contributed by atoms with Crippen LogP contribution in [0.3, 0.4) is 0 Å². The molecular weight excluding hydrogens is 254 g/mol. The van der Waals surface area contributed by atoms with E-state index in [2.05, 4.69) is 42.1 Å². The van der Waals surface area contributed by atoms with Crippen molar-refractivity contribution < 1.29 is 0 Å². The van der Waals surface area contributed by atoms with Crippen molar-refractivity contribution in [3.8, 4) is 0 Å². The molecule has 2 aromatic heterocycles. The lowest BCUT2D eigenvalue weighted by Crippen LogP contribution is -2.35. The molecule has 2 aromatic rings. The van der Waals surface area contributed by atoms with Crippen molar-refractivity contribution in [1.82, 2.24) is 9.97 Å². The predicted octanol–water partition coefficient (Wildman–Crippen LogP) is 4.24. The van der Waals surface area contributed by atoms with Gasteiger partial charge in [0.05, 0.1) is 5.39 Å². The maximum absolute atomic E-state index is 4.46. The first-order chi connectivity index (χ1) is 9.15. The fourth-order valence-electron chi connectivity index (χ4n) is 3.05. The summed E-state index contributed by atoms with van der Waals surface area (Å²) < 4.78 is 0. The van der Waals surface area contributed by atoms with E-state index in [1.807, 2.05) is 0 Å². The molecule has 0 aromatic carbocycles. The summed E-state index contributed by atoms with van der Waals surface area (Å²) in [5.41, 5.74) is 0. The Bertz CT molecular complexity index is 578. The molecule has 1 N–H and O–H groups in total. The third-order valence-electron chi connectivity index (χ3n) is 4.48. The molecular formula is C15H21N3S. The van der Waals surface area contributed by atoms with Gasteiger partial charge in [-0.25, -0.2) is 9.97 Å². The zero-order chi connectivity index (χ0) is 13.4. The minimum absolute atomic E-state index is 0.544. The van der Waals surface area contributed by atoms with E-state index in [0.29, 0.717) is 12.0 Å². The summed E-state index contributed by atoms with van der Waals surface area (Å²) in [6.45, 7) is 6.85. The van der Waals surface area contributed by atoms with Crippen molar-refractivity contribution in [2.24, 2.45) is 11.8 Å². The monoisotopic (exact) mass is 275 g/mol. The Morgan fingerprint density at radius 1 is 1.26 bits per heavy atom. The third kappa shape index (κ3) is 2.46. The van der Waals surface area contributed by atoms with Gasteiger partial charge in [-0.1, -0.05) is 26.7 Å². The van der Waals surface area contributed by atoms with E-state index in [4.69, 9.17) is 0 Å². The van der Waals surface area contributed by atoms with E-state index >= 15 is 0 Å². The normalized spacial score (nSPS) is 27.6. The molecule has 1 fully saturated rings. The molecule has 3 nitrogen and oxygen atoms in total. The minimum Gasteiger partial charge on any atom is -0.366 e. The lowest BCUT2D eigenvalue weighted by Gasteiger charge is -2.35. The predicted molar refractivity (Wildman–Crippen MR) is 81.7 cm³/mol. The molecule has 19 heavy (non-hydrogen) atoms. The van der Waals surface area contributed by atoms with Gasteiger partial charge in [-0.05, 0) is 31.2 Å². The highest BCUT2D eigenvalue weighted by Gasteiger charge is 2.27. The summed E-state index contributed by atoms with van der Waals surface area (Å²) >= 11 is 1.74. The molecule has 3 unspecified atom stereocenters. The standard InChI is InChI=1S/C15H21N3S/c1-9-5-4-6-13(11(9)3)18-14-12-7-10(2)19-15(12)17-8-16-14/h7-9,11,13H,4-6H2,1-3H3,(H,16,17,18). The molecule has 0 amide bonds. The number of fused-ring (bicyclic) bond motifs is 1. The van der Waals surface area contributed by atoms with Crippen molar-refractivity contribution in [1.29, 1.82) is 0 Å². The second-order valence-electron chi connectivity index (χ2n) is 5.82. The van der Waals surface area contributed by atoms with E-state index in [-0.39, 0.29) is 0 Å². The number of aromatic nitrogens is 2. The van der Waals surface area contributed by atoms with Gasteiger partial charge in [0.2, 0.25) is 0 Å². The zero-order valence-electron chi connectivity index (χ0n) is 11.8. The fourth-order valence-corrected chi connectivity index (χ4v) is 3.90. The van der Waals surface area contributed by atoms with E-state index < -0.39 is 0 Å². The van der Waals surface area contributed by atoms with Crippen LogP contribution in [0.1, 0.15) is 38.0 Å². The number of rotatable bonds is 2. The lowest BCUT2D eigenvalue weighted by molar-refractivity contribution is 0.253. The summed E-state index contributed by atoms with van der Waals surface area (Å²) in [5.74, 6) is 2.52. The van der Waals surface area contributed by atoms with Crippen molar-refractivity contribution in [3.05, 3.63) is 17.3 Å². The van der Waals surface area contributed by atoms with E-state index in [1.54, 1.807) is 17.7 Å². The van der Waals surface area contributed by atoms with Gasteiger partial charge < -0.3 is 5.32 Å². The van der Waals surface area contributed by atoms with Crippen molar-refractivity contribution in [2.45, 2.75) is 46.1 Å². The number of nitrogens with one attached hydrogen (secondary N) is 1. The molecule has 0 aliphatic heterocycles. The quantitative estimate of drug-likeness (QED) is 0.891. The van der Waals surface area contributed by atoms with Crippen molar-refractivity contribution in [3.63, 3.8) is 0 Å². The van der Waals surface area contributed by atoms with Crippen LogP contribution < -0.4 is 5.32 Å². The third-order valence-corrected chi connectivity index (χ3v) is 5.44. The maximum Gasteiger partial charge on any atom is 0.138 e. The highest BCUT2D eigenvalue weighted by Crippen LogP contribution is 2.33. The fraction of sp³-hybridized carbons (Fsp3) is 0.600. The minimum atomic E-state index is 0.544. The van der Waals surface area contributed by atoms with Crippen LogP contribution in [-0.4, -0.2) is 16.0 Å². The van der Waals surface area contributed by atoms with Crippen LogP contribution in [0, 0.1) is 18.8 Å². The molecule has 0 radical (unpaired) electrons. The van der Waals surface area contributed by atoms with Gasteiger partial charge in [0.25, 0.3) is 0 Å². The Balaban J connectivity index is 1.88. The zero-order valence-corrected chi connectivity index (χ0v) is 12.6. The number of hydrogen-bond acceptors (Lipinski definition) is 4. The number of hydrogen-bond donors (Lipinski definition) is 1. The maximum atomic E-state index is 4.46. The molecule has 0 spiro atoms. The Hall–Kier alpha value is -1.16. The summed E-state index contributed by atoms with van der Waals surface area (Å²) in [4.78, 5) is 11.2. The molecule has 0 saturated heterocycles. The summed E-state index contributed by atoms with van der Waals surface area (Å²) in [6, 6.07) is 2.74. The van der Waals surface area contributed by atoms with Crippen LogP contribution >= 0.6 is 11.3 Å². The molecule has 3 rings (SSSR count). The second-order valence-corrected chi connectivity index (χ2v) is 7.05. The average Bonchev–Trinajstić information content (AvgIpc) is 2.76. The van der Waals surface area contributed by atoms with E-state index in [0.717, 1.165) is 16.6 Å². The van der Waals surface area contributed by atoms with Crippen LogP contribution in [0.15, 0.2) is 12.4 Å². The van der Waals surface area contributed by atoms with E-state index in [9.17, 15) is 0 Å². The number of aryl methyl sites for hydroxylation is 1. The van der Waals surface area contributed by atoms with Crippen LogP contribution in [0.25, 0.3) is 10.2 Å². The van der Waals surface area contributed by atoms with Gasteiger partial charge in [0, 0.05) is 10.9 Å². The molecule has 2 heterocycles. The van der Waals surface area contributed by atoms with Crippen LogP contribution in [0.5, 0.6) is 0 Å². The van der Waals surface area contributed by atoms with Gasteiger partial charge >= 0.3 is 0 Å². The number of nitrogens with zero attached hydrogens (tertiary/aromatic N) is 2. The van der Waals surface area contributed by atoms with E-state index in [1.165, 1.54) is 29.5 Å². The SMILES string of the molecule is Cc1cc2c(NC3CCCC(C)C3C)ncnc2s1. The Morgan fingerprint density at radius 2 is 2.11 bits per heavy atom. The molecule has 1 aliphatic rings. The largest absolute Gasteiger partial charge is 0.366 e. The van der Waals surface area contributed by atoms with Crippen molar-refractivity contribution in [2.75, 3.05) is 5.32 Å². The van der Waals surface area contributed by atoms with Crippen molar-refractivity contribution >= 4 is 27.4 Å². The first-order valence-corrected chi connectivity index (χ1v) is 7.94.